The number of carbonyl (C=O) groups is 2. The van der Waals surface area contributed by atoms with Gasteiger partial charge in [-0.1, -0.05) is 18.2 Å². The van der Waals surface area contributed by atoms with Crippen LogP contribution in [0.4, 0.5) is 17.1 Å². The first kappa shape index (κ1) is 18.0. The zero-order valence-corrected chi connectivity index (χ0v) is 14.6. The molecule has 0 saturated heterocycles. The van der Waals surface area contributed by atoms with Crippen molar-refractivity contribution in [2.75, 3.05) is 12.4 Å². The molecule has 0 spiro atoms. The van der Waals surface area contributed by atoms with E-state index in [1.165, 1.54) is 7.11 Å². The number of hydrogen-bond donors (Lipinski definition) is 1. The van der Waals surface area contributed by atoms with Gasteiger partial charge in [0.05, 0.1) is 24.0 Å². The topological polar surface area (TPSA) is 80.1 Å². The number of ether oxygens (including phenoxy) is 1. The maximum Gasteiger partial charge on any atom is 0.337 e. The highest BCUT2D eigenvalue weighted by molar-refractivity contribution is 6.04. The first-order chi connectivity index (χ1) is 13.2. The molecule has 6 nitrogen and oxygen atoms in total. The van der Waals surface area contributed by atoms with Crippen molar-refractivity contribution in [3.05, 3.63) is 90.0 Å². The van der Waals surface area contributed by atoms with Crippen LogP contribution in [0.3, 0.4) is 0 Å². The third-order valence-electron chi connectivity index (χ3n) is 3.73. The fourth-order valence-electron chi connectivity index (χ4n) is 2.30. The van der Waals surface area contributed by atoms with Crippen LogP contribution >= 0.6 is 0 Å². The van der Waals surface area contributed by atoms with Crippen molar-refractivity contribution in [3.8, 4) is 0 Å². The van der Waals surface area contributed by atoms with Crippen molar-refractivity contribution in [2.24, 2.45) is 10.2 Å². The first-order valence-corrected chi connectivity index (χ1v) is 8.22. The van der Waals surface area contributed by atoms with Crippen LogP contribution in [0.25, 0.3) is 0 Å². The zero-order valence-electron chi connectivity index (χ0n) is 14.6. The molecule has 3 rings (SSSR count). The smallest absolute Gasteiger partial charge is 0.337 e. The van der Waals surface area contributed by atoms with Gasteiger partial charge >= 0.3 is 5.97 Å². The molecule has 0 bridgehead atoms. The number of methoxy groups -OCH3 is 1. The monoisotopic (exact) mass is 359 g/mol. The van der Waals surface area contributed by atoms with Gasteiger partial charge in [0, 0.05) is 11.3 Å². The largest absolute Gasteiger partial charge is 0.465 e. The molecular weight excluding hydrogens is 342 g/mol. The van der Waals surface area contributed by atoms with Gasteiger partial charge in [0.15, 0.2) is 0 Å². The summed E-state index contributed by atoms with van der Waals surface area (Å²) < 4.78 is 4.64. The van der Waals surface area contributed by atoms with Crippen LogP contribution in [0.5, 0.6) is 0 Å². The van der Waals surface area contributed by atoms with Crippen LogP contribution in [0, 0.1) is 0 Å². The van der Waals surface area contributed by atoms with Crippen molar-refractivity contribution in [1.82, 2.24) is 0 Å². The summed E-state index contributed by atoms with van der Waals surface area (Å²) in [5, 5.41) is 11.1. The lowest BCUT2D eigenvalue weighted by molar-refractivity contribution is 0.0600. The van der Waals surface area contributed by atoms with Crippen molar-refractivity contribution < 1.29 is 14.3 Å². The molecule has 3 aromatic rings. The molecule has 0 aliphatic heterocycles. The second-order valence-electron chi connectivity index (χ2n) is 5.61. The van der Waals surface area contributed by atoms with E-state index in [9.17, 15) is 9.59 Å². The molecule has 0 fully saturated rings. The summed E-state index contributed by atoms with van der Waals surface area (Å²) in [6.45, 7) is 0. The third kappa shape index (κ3) is 4.85. The number of nitrogens with one attached hydrogen (secondary N) is 1. The highest BCUT2D eigenvalue weighted by Crippen LogP contribution is 2.20. The van der Waals surface area contributed by atoms with Gasteiger partial charge < -0.3 is 10.1 Å². The second-order valence-corrected chi connectivity index (χ2v) is 5.61. The minimum atomic E-state index is -0.442. The van der Waals surface area contributed by atoms with E-state index in [2.05, 4.69) is 20.3 Å². The molecule has 27 heavy (non-hydrogen) atoms. The summed E-state index contributed by atoms with van der Waals surface area (Å²) in [5.74, 6) is -0.715. The minimum Gasteiger partial charge on any atom is -0.465 e. The molecule has 3 aromatic carbocycles. The number of nitrogens with zero attached hydrogens (tertiary/aromatic N) is 2. The van der Waals surface area contributed by atoms with Crippen LogP contribution < -0.4 is 5.32 Å². The lowest BCUT2D eigenvalue weighted by Crippen LogP contribution is -2.12. The van der Waals surface area contributed by atoms with Crippen molar-refractivity contribution in [3.63, 3.8) is 0 Å². The Morgan fingerprint density at radius 2 is 1.30 bits per heavy atom. The standard InChI is InChI=1S/C21H17N3O3/c1-27-21(26)16-9-7-15(8-10-16)20(25)22-17-11-13-19(14-12-17)24-23-18-5-3-2-4-6-18/h2-14H,1H3,(H,22,25). The van der Waals surface area contributed by atoms with Gasteiger partial charge in [-0.25, -0.2) is 4.79 Å². The van der Waals surface area contributed by atoms with Crippen LogP contribution in [-0.4, -0.2) is 19.0 Å². The van der Waals surface area contributed by atoms with Crippen LogP contribution in [0.1, 0.15) is 20.7 Å². The SMILES string of the molecule is COC(=O)c1ccc(C(=O)Nc2ccc(N=Nc3ccccc3)cc2)cc1. The third-order valence-corrected chi connectivity index (χ3v) is 3.73. The number of azo groups is 1. The van der Waals surface area contributed by atoms with E-state index in [-0.39, 0.29) is 5.91 Å². The van der Waals surface area contributed by atoms with Crippen molar-refractivity contribution in [1.29, 1.82) is 0 Å². The fraction of sp³-hybridized carbons (Fsp3) is 0.0476. The van der Waals surface area contributed by atoms with Gasteiger partial charge in [0.2, 0.25) is 0 Å². The van der Waals surface area contributed by atoms with E-state index < -0.39 is 5.97 Å². The number of amides is 1. The molecule has 0 aliphatic rings. The van der Waals surface area contributed by atoms with E-state index in [1.807, 2.05) is 30.3 Å². The number of anilines is 1. The Balaban J connectivity index is 1.63. The Labute approximate surface area is 156 Å². The van der Waals surface area contributed by atoms with Crippen molar-refractivity contribution in [2.45, 2.75) is 0 Å². The summed E-state index contributed by atoms with van der Waals surface area (Å²) in [6, 6.07) is 22.7. The average Bonchev–Trinajstić information content (AvgIpc) is 2.73. The van der Waals surface area contributed by atoms with Crippen molar-refractivity contribution >= 4 is 28.9 Å². The van der Waals surface area contributed by atoms with E-state index in [0.29, 0.717) is 22.5 Å². The Bertz CT molecular complexity index is 950. The average molecular weight is 359 g/mol. The van der Waals surface area contributed by atoms with E-state index >= 15 is 0 Å². The second kappa shape index (κ2) is 8.53. The van der Waals surface area contributed by atoms with Crippen LogP contribution in [-0.2, 0) is 4.74 Å². The fourth-order valence-corrected chi connectivity index (χ4v) is 2.30. The molecule has 0 atom stereocenters. The van der Waals surface area contributed by atoms with Gasteiger partial charge in [0.1, 0.15) is 0 Å². The number of hydrogen-bond acceptors (Lipinski definition) is 5. The molecule has 0 heterocycles. The summed E-state index contributed by atoms with van der Waals surface area (Å²) in [6.07, 6.45) is 0. The van der Waals surface area contributed by atoms with E-state index in [4.69, 9.17) is 0 Å². The number of carbonyl (C=O) groups excluding carboxylic acids is 2. The van der Waals surface area contributed by atoms with Gasteiger partial charge in [-0.2, -0.15) is 10.2 Å². The maximum absolute atomic E-state index is 12.3. The highest BCUT2D eigenvalue weighted by atomic mass is 16.5. The Morgan fingerprint density at radius 1 is 0.741 bits per heavy atom. The number of esters is 1. The lowest BCUT2D eigenvalue weighted by Gasteiger charge is -2.06. The maximum atomic E-state index is 12.3. The van der Waals surface area contributed by atoms with Gasteiger partial charge in [-0.15, -0.1) is 0 Å². The van der Waals surface area contributed by atoms with Crippen LogP contribution in [0.2, 0.25) is 0 Å². The Morgan fingerprint density at radius 3 is 1.89 bits per heavy atom. The number of benzene rings is 3. The minimum absolute atomic E-state index is 0.273. The molecule has 0 aliphatic carbocycles. The highest BCUT2D eigenvalue weighted by Gasteiger charge is 2.09. The summed E-state index contributed by atoms with van der Waals surface area (Å²) in [5.41, 5.74) is 2.91. The first-order valence-electron chi connectivity index (χ1n) is 8.22. The molecule has 0 radical (unpaired) electrons. The molecule has 0 saturated carbocycles. The molecular formula is C21H17N3O3. The summed E-state index contributed by atoms with van der Waals surface area (Å²) >= 11 is 0. The Hall–Kier alpha value is -3.80. The predicted molar refractivity (Wildman–Crippen MR) is 103 cm³/mol. The number of rotatable bonds is 5. The predicted octanol–water partition coefficient (Wildman–Crippen LogP) is 5.14. The molecule has 134 valence electrons. The normalized spacial score (nSPS) is 10.6. The Kier molecular flexibility index (Phi) is 5.69. The summed E-state index contributed by atoms with van der Waals surface area (Å²) in [7, 11) is 1.31. The van der Waals surface area contributed by atoms with Gasteiger partial charge in [-0.3, -0.25) is 4.79 Å². The molecule has 1 N–H and O–H groups in total. The lowest BCUT2D eigenvalue weighted by atomic mass is 10.1. The van der Waals surface area contributed by atoms with E-state index in [1.54, 1.807) is 48.5 Å². The summed E-state index contributed by atoms with van der Waals surface area (Å²) in [4.78, 5) is 23.7. The van der Waals surface area contributed by atoms with Crippen LogP contribution in [0.15, 0.2) is 89.1 Å². The molecule has 1 amide bonds. The molecule has 0 aromatic heterocycles. The quantitative estimate of drug-likeness (QED) is 0.506. The van der Waals surface area contributed by atoms with E-state index in [0.717, 1.165) is 5.69 Å². The molecule has 0 unspecified atom stereocenters. The van der Waals surface area contributed by atoms with Gasteiger partial charge in [0.25, 0.3) is 5.91 Å². The zero-order chi connectivity index (χ0) is 19.1. The molecule has 6 heteroatoms. The van der Waals surface area contributed by atoms with Gasteiger partial charge in [-0.05, 0) is 60.7 Å².